The van der Waals surface area contributed by atoms with Gasteiger partial charge in [-0.05, 0) is 66.0 Å². The fraction of sp³-hybridized carbons (Fsp3) is 0.300. The van der Waals surface area contributed by atoms with Gasteiger partial charge in [0.05, 0.1) is 5.92 Å². The monoisotopic (exact) mass is 713 g/mol. The first-order valence-corrected chi connectivity index (χ1v) is 17.0. The lowest BCUT2D eigenvalue weighted by molar-refractivity contribution is -0.274. The normalized spacial score (nSPS) is 16.3. The third kappa shape index (κ3) is 7.96. The Bertz CT molecular complexity index is 1830. The van der Waals surface area contributed by atoms with Crippen molar-refractivity contribution in [2.75, 3.05) is 6.79 Å². The number of alkyl halides is 3. The third-order valence-electron chi connectivity index (χ3n) is 9.13. The second-order valence-corrected chi connectivity index (χ2v) is 12.8. The van der Waals surface area contributed by atoms with E-state index < -0.39 is 36.6 Å². The quantitative estimate of drug-likeness (QED) is 0.0722. The molecule has 0 atom stereocenters. The van der Waals surface area contributed by atoms with Crippen molar-refractivity contribution in [1.82, 2.24) is 15.0 Å². The fourth-order valence-electron chi connectivity index (χ4n) is 6.65. The third-order valence-corrected chi connectivity index (χ3v) is 9.13. The molecule has 0 radical (unpaired) electrons. The molecule has 1 heterocycles. The highest BCUT2D eigenvalue weighted by Gasteiger charge is 2.44. The van der Waals surface area contributed by atoms with Gasteiger partial charge in [-0.1, -0.05) is 127 Å². The molecule has 1 fully saturated rings. The van der Waals surface area contributed by atoms with Crippen molar-refractivity contribution in [3.63, 3.8) is 0 Å². The SMILES string of the molecule is CC(C)C(=O)OCOC(=O)c1c(OC2CCC(c3ccc(OC(F)(F)F)cc3)CC2)nnn1C(c1ccccc1)(c1ccccc1)c1ccccc1. The van der Waals surface area contributed by atoms with Crippen molar-refractivity contribution in [2.24, 2.45) is 5.92 Å². The summed E-state index contributed by atoms with van der Waals surface area (Å²) in [6.07, 6.45) is -2.57. The first kappa shape index (κ1) is 36.2. The van der Waals surface area contributed by atoms with Crippen molar-refractivity contribution >= 4 is 11.9 Å². The van der Waals surface area contributed by atoms with Crippen LogP contribution in [-0.4, -0.2) is 46.2 Å². The Labute approximate surface area is 299 Å². The van der Waals surface area contributed by atoms with Gasteiger partial charge in [-0.15, -0.1) is 13.2 Å². The average molecular weight is 714 g/mol. The number of esters is 2. The zero-order valence-electron chi connectivity index (χ0n) is 28.7. The van der Waals surface area contributed by atoms with Gasteiger partial charge in [-0.2, -0.15) is 0 Å². The second kappa shape index (κ2) is 15.7. The molecule has 1 saturated carbocycles. The summed E-state index contributed by atoms with van der Waals surface area (Å²) in [5.74, 6) is -2.01. The first-order valence-electron chi connectivity index (χ1n) is 17.0. The lowest BCUT2D eigenvalue weighted by Gasteiger charge is -2.36. The van der Waals surface area contributed by atoms with Gasteiger partial charge < -0.3 is 18.9 Å². The molecule has 1 aliphatic rings. The predicted octanol–water partition coefficient (Wildman–Crippen LogP) is 8.44. The van der Waals surface area contributed by atoms with Gasteiger partial charge in [-0.25, -0.2) is 9.48 Å². The molecular weight excluding hydrogens is 675 g/mol. The maximum atomic E-state index is 14.2. The number of hydrogen-bond acceptors (Lipinski definition) is 8. The number of aromatic nitrogens is 3. The maximum absolute atomic E-state index is 14.2. The van der Waals surface area contributed by atoms with Gasteiger partial charge in [0.2, 0.25) is 12.5 Å². The van der Waals surface area contributed by atoms with Gasteiger partial charge in [0.1, 0.15) is 17.4 Å². The smallest absolute Gasteiger partial charge is 0.472 e. The minimum Gasteiger partial charge on any atom is -0.472 e. The highest BCUT2D eigenvalue weighted by atomic mass is 19.4. The largest absolute Gasteiger partial charge is 0.573 e. The number of carbonyl (C=O) groups is 2. The highest BCUT2D eigenvalue weighted by molar-refractivity contribution is 5.90. The van der Waals surface area contributed by atoms with Crippen LogP contribution in [0.25, 0.3) is 0 Å². The molecule has 9 nitrogen and oxygen atoms in total. The minimum atomic E-state index is -4.76. The lowest BCUT2D eigenvalue weighted by Crippen LogP contribution is -2.41. The van der Waals surface area contributed by atoms with Crippen LogP contribution in [0, 0.1) is 5.92 Å². The summed E-state index contributed by atoms with van der Waals surface area (Å²) >= 11 is 0. The van der Waals surface area contributed by atoms with E-state index in [1.54, 1.807) is 26.0 Å². The molecule has 4 aromatic carbocycles. The first-order chi connectivity index (χ1) is 25.1. The summed E-state index contributed by atoms with van der Waals surface area (Å²) in [5, 5.41) is 9.05. The average Bonchev–Trinajstić information content (AvgIpc) is 3.56. The van der Waals surface area contributed by atoms with Gasteiger partial charge in [0.15, 0.2) is 0 Å². The van der Waals surface area contributed by atoms with E-state index in [-0.39, 0.29) is 29.3 Å². The highest BCUT2D eigenvalue weighted by Crippen LogP contribution is 2.43. The van der Waals surface area contributed by atoms with Crippen molar-refractivity contribution in [3.8, 4) is 11.6 Å². The number of halogens is 3. The van der Waals surface area contributed by atoms with Crippen molar-refractivity contribution in [1.29, 1.82) is 0 Å². The van der Waals surface area contributed by atoms with E-state index in [0.29, 0.717) is 25.7 Å². The number of ether oxygens (including phenoxy) is 4. The van der Waals surface area contributed by atoms with Crippen LogP contribution in [0.2, 0.25) is 0 Å². The second-order valence-electron chi connectivity index (χ2n) is 12.8. The topological polar surface area (TPSA) is 102 Å². The maximum Gasteiger partial charge on any atom is 0.573 e. The van der Waals surface area contributed by atoms with Crippen LogP contribution in [0.4, 0.5) is 13.2 Å². The van der Waals surface area contributed by atoms with Crippen LogP contribution in [-0.2, 0) is 19.8 Å². The summed E-state index contributed by atoms with van der Waals surface area (Å²) < 4.78 is 60.7. The molecule has 5 aromatic rings. The zero-order valence-corrected chi connectivity index (χ0v) is 28.7. The number of hydrogen-bond donors (Lipinski definition) is 0. The van der Waals surface area contributed by atoms with Crippen LogP contribution in [0.5, 0.6) is 11.6 Å². The Hall–Kier alpha value is -5.65. The molecule has 0 unspecified atom stereocenters. The van der Waals surface area contributed by atoms with Crippen LogP contribution in [0.15, 0.2) is 115 Å². The number of rotatable bonds is 12. The number of benzene rings is 4. The fourth-order valence-corrected chi connectivity index (χ4v) is 6.65. The molecule has 6 rings (SSSR count). The molecule has 1 aliphatic carbocycles. The van der Waals surface area contributed by atoms with E-state index in [9.17, 15) is 22.8 Å². The molecule has 12 heteroatoms. The molecule has 0 spiro atoms. The molecule has 0 bridgehead atoms. The Balaban J connectivity index is 1.36. The Kier molecular flexibility index (Phi) is 10.9. The minimum absolute atomic E-state index is 0.0375. The number of nitrogens with zero attached hydrogens (tertiary/aromatic N) is 3. The van der Waals surface area contributed by atoms with Crippen molar-refractivity contribution in [2.45, 2.75) is 63.5 Å². The molecule has 270 valence electrons. The van der Waals surface area contributed by atoms with E-state index in [2.05, 4.69) is 15.0 Å². The molecule has 0 amide bonds. The van der Waals surface area contributed by atoms with E-state index in [1.165, 1.54) is 16.8 Å². The van der Waals surface area contributed by atoms with Crippen LogP contribution >= 0.6 is 0 Å². The van der Waals surface area contributed by atoms with E-state index in [1.807, 2.05) is 91.0 Å². The van der Waals surface area contributed by atoms with Gasteiger partial charge >= 0.3 is 18.3 Å². The molecule has 52 heavy (non-hydrogen) atoms. The van der Waals surface area contributed by atoms with Gasteiger partial charge in [-0.3, -0.25) is 4.79 Å². The predicted molar refractivity (Wildman–Crippen MR) is 185 cm³/mol. The summed E-state index contributed by atoms with van der Waals surface area (Å²) in [6.45, 7) is 2.73. The molecular formula is C40H38F3N3O6. The molecule has 0 aliphatic heterocycles. The Morgan fingerprint density at radius 3 is 1.75 bits per heavy atom. The lowest BCUT2D eigenvalue weighted by atomic mass is 9.77. The van der Waals surface area contributed by atoms with E-state index in [4.69, 9.17) is 14.2 Å². The van der Waals surface area contributed by atoms with Crippen LogP contribution in [0.3, 0.4) is 0 Å². The standard InChI is InChI=1S/C40H38F3N3O6/c1-27(2)37(47)49-26-50-38(48)35-36(51-33-22-18-28(19-23-33)29-20-24-34(25-21-29)52-40(41,42)43)44-45-46(35)39(30-12-6-3-7-13-30,31-14-8-4-9-15-31)32-16-10-5-11-17-32/h3-17,20-21,24-25,27-28,33H,18-19,22-23,26H2,1-2H3. The molecule has 1 aromatic heterocycles. The van der Waals surface area contributed by atoms with E-state index >= 15 is 0 Å². The van der Waals surface area contributed by atoms with E-state index in [0.717, 1.165) is 22.3 Å². The van der Waals surface area contributed by atoms with Crippen LogP contribution < -0.4 is 9.47 Å². The van der Waals surface area contributed by atoms with Gasteiger partial charge in [0.25, 0.3) is 5.88 Å². The van der Waals surface area contributed by atoms with Crippen LogP contribution in [0.1, 0.15) is 78.2 Å². The zero-order chi connectivity index (χ0) is 36.7. The summed E-state index contributed by atoms with van der Waals surface area (Å²) in [4.78, 5) is 26.4. The van der Waals surface area contributed by atoms with Crippen molar-refractivity contribution in [3.05, 3.63) is 143 Å². The molecule has 0 saturated heterocycles. The van der Waals surface area contributed by atoms with Crippen molar-refractivity contribution < 1.29 is 41.7 Å². The Morgan fingerprint density at radius 2 is 1.27 bits per heavy atom. The summed E-state index contributed by atoms with van der Waals surface area (Å²) in [5.41, 5.74) is 1.97. The van der Waals surface area contributed by atoms with Gasteiger partial charge in [0, 0.05) is 0 Å². The summed E-state index contributed by atoms with van der Waals surface area (Å²) in [7, 11) is 0. The summed E-state index contributed by atoms with van der Waals surface area (Å²) in [6, 6.07) is 34.8. The Morgan fingerprint density at radius 1 is 0.750 bits per heavy atom. The number of carbonyl (C=O) groups excluding carboxylic acids is 2. The molecule has 0 N–H and O–H groups in total.